The van der Waals surface area contributed by atoms with Crippen molar-refractivity contribution in [3.8, 4) is 0 Å². The topological polar surface area (TPSA) is 37.3 Å². The molecule has 0 saturated heterocycles. The van der Waals surface area contributed by atoms with E-state index in [-0.39, 0.29) is 5.82 Å². The number of thioether (sulfide) groups is 1. The second-order valence-electron chi connectivity index (χ2n) is 2.55. The predicted octanol–water partition coefficient (Wildman–Crippen LogP) is 3.42. The summed E-state index contributed by atoms with van der Waals surface area (Å²) in [4.78, 5) is 11.2. The lowest BCUT2D eigenvalue weighted by Gasteiger charge is -2.04. The normalized spacial score (nSPS) is 11.2. The Morgan fingerprint density at radius 1 is 1.33 bits per heavy atom. The fraction of sp³-hybridized carbons (Fsp3) is 0.364. The van der Waals surface area contributed by atoms with E-state index in [4.69, 9.17) is 5.11 Å². The first-order valence-electron chi connectivity index (χ1n) is 4.74. The smallest absolute Gasteiger partial charge is 0.316 e. The summed E-state index contributed by atoms with van der Waals surface area (Å²) in [6, 6.07) is 5.77. The summed E-state index contributed by atoms with van der Waals surface area (Å²) >= 11 is 1.19. The molecule has 84 valence electrons. The molecule has 0 bridgehead atoms. The van der Waals surface area contributed by atoms with Crippen LogP contribution in [0.4, 0.5) is 4.39 Å². The number of carbonyl (C=O) groups is 1. The molecule has 0 aliphatic heterocycles. The zero-order valence-corrected chi connectivity index (χ0v) is 9.84. The highest BCUT2D eigenvalue weighted by atomic mass is 32.2. The molecule has 0 aliphatic rings. The molecule has 2 nitrogen and oxygen atoms in total. The van der Waals surface area contributed by atoms with E-state index in [1.54, 1.807) is 19.1 Å². The first-order valence-corrected chi connectivity index (χ1v) is 5.62. The van der Waals surface area contributed by atoms with Crippen molar-refractivity contribution in [1.29, 1.82) is 0 Å². The Hall–Kier alpha value is -1.03. The minimum absolute atomic E-state index is 0.313. The fourth-order valence-corrected chi connectivity index (χ4v) is 1.57. The van der Waals surface area contributed by atoms with Crippen LogP contribution in [0.15, 0.2) is 29.2 Å². The first-order chi connectivity index (χ1) is 7.09. The molecule has 1 N–H and O–H groups in total. The van der Waals surface area contributed by atoms with Gasteiger partial charge in [0.15, 0.2) is 0 Å². The standard InChI is InChI=1S/C9H9FO2S.C2H6/c1-6(9(11)12)13-8-4-2-7(10)3-5-8;1-2/h2-6H,1H3,(H,11,12);1-2H3. The van der Waals surface area contributed by atoms with Crippen molar-refractivity contribution in [2.24, 2.45) is 0 Å². The van der Waals surface area contributed by atoms with Gasteiger partial charge in [0.05, 0.1) is 0 Å². The number of benzene rings is 1. The van der Waals surface area contributed by atoms with Gasteiger partial charge in [0.1, 0.15) is 11.1 Å². The fourth-order valence-electron chi connectivity index (χ4n) is 0.768. The van der Waals surface area contributed by atoms with Crippen molar-refractivity contribution in [2.45, 2.75) is 30.9 Å². The second-order valence-corrected chi connectivity index (χ2v) is 3.97. The largest absolute Gasteiger partial charge is 0.480 e. The maximum atomic E-state index is 12.5. The number of carboxylic acid groups (broad SMARTS) is 1. The van der Waals surface area contributed by atoms with E-state index in [0.717, 1.165) is 4.90 Å². The predicted molar refractivity (Wildman–Crippen MR) is 60.7 cm³/mol. The Kier molecular flexibility index (Phi) is 6.79. The van der Waals surface area contributed by atoms with E-state index in [2.05, 4.69) is 0 Å². The molecule has 0 saturated carbocycles. The van der Waals surface area contributed by atoms with Crippen LogP contribution in [0.1, 0.15) is 20.8 Å². The Bertz CT molecular complexity index is 298. The summed E-state index contributed by atoms with van der Waals surface area (Å²) in [6.07, 6.45) is 0. The Labute approximate surface area is 93.5 Å². The van der Waals surface area contributed by atoms with Crippen molar-refractivity contribution >= 4 is 17.7 Å². The molecule has 0 radical (unpaired) electrons. The lowest BCUT2D eigenvalue weighted by atomic mass is 10.3. The van der Waals surface area contributed by atoms with E-state index < -0.39 is 11.2 Å². The summed E-state index contributed by atoms with van der Waals surface area (Å²) in [7, 11) is 0. The van der Waals surface area contributed by atoms with Crippen LogP contribution >= 0.6 is 11.8 Å². The van der Waals surface area contributed by atoms with Crippen LogP contribution in [-0.2, 0) is 4.79 Å². The highest BCUT2D eigenvalue weighted by Crippen LogP contribution is 2.23. The summed E-state index contributed by atoms with van der Waals surface area (Å²) in [5.41, 5.74) is 0. The molecular formula is C11H15FO2S. The number of halogens is 1. The van der Waals surface area contributed by atoms with Gasteiger partial charge in [0.25, 0.3) is 0 Å². The van der Waals surface area contributed by atoms with Crippen LogP contribution < -0.4 is 0 Å². The van der Waals surface area contributed by atoms with Gasteiger partial charge in [-0.3, -0.25) is 4.79 Å². The quantitative estimate of drug-likeness (QED) is 0.808. The number of aliphatic carboxylic acids is 1. The number of carboxylic acids is 1. The lowest BCUT2D eigenvalue weighted by Crippen LogP contribution is -2.10. The number of rotatable bonds is 3. The molecule has 1 aromatic rings. The molecule has 1 unspecified atom stereocenters. The molecule has 0 aromatic heterocycles. The van der Waals surface area contributed by atoms with Crippen LogP contribution in [0.2, 0.25) is 0 Å². The zero-order valence-electron chi connectivity index (χ0n) is 9.03. The van der Waals surface area contributed by atoms with Crippen LogP contribution in [-0.4, -0.2) is 16.3 Å². The van der Waals surface area contributed by atoms with Gasteiger partial charge < -0.3 is 5.11 Å². The number of hydrogen-bond donors (Lipinski definition) is 1. The SMILES string of the molecule is CC.CC(Sc1ccc(F)cc1)C(=O)O. The highest BCUT2D eigenvalue weighted by molar-refractivity contribution is 8.00. The molecule has 1 atom stereocenters. The van der Waals surface area contributed by atoms with E-state index in [1.165, 1.54) is 23.9 Å². The van der Waals surface area contributed by atoms with Crippen molar-refractivity contribution in [3.05, 3.63) is 30.1 Å². The van der Waals surface area contributed by atoms with E-state index in [0.29, 0.717) is 0 Å². The van der Waals surface area contributed by atoms with Crippen molar-refractivity contribution < 1.29 is 14.3 Å². The molecule has 0 aliphatic carbocycles. The zero-order chi connectivity index (χ0) is 11.8. The molecule has 4 heteroatoms. The maximum absolute atomic E-state index is 12.5. The molecule has 15 heavy (non-hydrogen) atoms. The Morgan fingerprint density at radius 3 is 2.20 bits per heavy atom. The van der Waals surface area contributed by atoms with Crippen LogP contribution in [0.3, 0.4) is 0 Å². The van der Waals surface area contributed by atoms with Crippen LogP contribution in [0.5, 0.6) is 0 Å². The maximum Gasteiger partial charge on any atom is 0.316 e. The monoisotopic (exact) mass is 230 g/mol. The average molecular weight is 230 g/mol. The summed E-state index contributed by atoms with van der Waals surface area (Å²) in [5.74, 6) is -1.18. The van der Waals surface area contributed by atoms with Gasteiger partial charge in [-0.2, -0.15) is 0 Å². The van der Waals surface area contributed by atoms with Gasteiger partial charge in [-0.15, -0.1) is 11.8 Å². The molecule has 0 fully saturated rings. The van der Waals surface area contributed by atoms with Gasteiger partial charge in [-0.25, -0.2) is 4.39 Å². The third-order valence-corrected chi connectivity index (χ3v) is 2.57. The van der Waals surface area contributed by atoms with Gasteiger partial charge >= 0.3 is 5.97 Å². The van der Waals surface area contributed by atoms with Crippen LogP contribution in [0, 0.1) is 5.82 Å². The van der Waals surface area contributed by atoms with E-state index >= 15 is 0 Å². The van der Waals surface area contributed by atoms with Gasteiger partial charge in [-0.1, -0.05) is 13.8 Å². The van der Waals surface area contributed by atoms with Crippen LogP contribution in [0.25, 0.3) is 0 Å². The van der Waals surface area contributed by atoms with Gasteiger partial charge in [0.2, 0.25) is 0 Å². The third-order valence-electron chi connectivity index (χ3n) is 1.47. The molecular weight excluding hydrogens is 215 g/mol. The van der Waals surface area contributed by atoms with E-state index in [1.807, 2.05) is 13.8 Å². The Morgan fingerprint density at radius 2 is 1.80 bits per heavy atom. The van der Waals surface area contributed by atoms with Gasteiger partial charge in [0, 0.05) is 4.90 Å². The molecule has 0 heterocycles. The summed E-state index contributed by atoms with van der Waals surface area (Å²) in [6.45, 7) is 5.59. The molecule has 0 spiro atoms. The minimum atomic E-state index is -0.866. The average Bonchev–Trinajstić information content (AvgIpc) is 2.24. The van der Waals surface area contributed by atoms with Crippen molar-refractivity contribution in [2.75, 3.05) is 0 Å². The summed E-state index contributed by atoms with van der Waals surface area (Å²) < 4.78 is 12.5. The summed E-state index contributed by atoms with van der Waals surface area (Å²) in [5, 5.41) is 8.09. The Balaban J connectivity index is 0.000000921. The lowest BCUT2D eigenvalue weighted by molar-refractivity contribution is -0.136. The molecule has 1 aromatic carbocycles. The minimum Gasteiger partial charge on any atom is -0.480 e. The van der Waals surface area contributed by atoms with Crippen molar-refractivity contribution in [3.63, 3.8) is 0 Å². The van der Waals surface area contributed by atoms with Crippen molar-refractivity contribution in [1.82, 2.24) is 0 Å². The second kappa shape index (κ2) is 7.29. The highest BCUT2D eigenvalue weighted by Gasteiger charge is 2.11. The van der Waals surface area contributed by atoms with E-state index in [9.17, 15) is 9.18 Å². The van der Waals surface area contributed by atoms with Gasteiger partial charge in [-0.05, 0) is 31.2 Å². The third kappa shape index (κ3) is 5.42. The first kappa shape index (κ1) is 14.0. The molecule has 0 amide bonds. The number of hydrogen-bond acceptors (Lipinski definition) is 2. The molecule has 1 rings (SSSR count).